The smallest absolute Gasteiger partial charge is 0.264 e. The van der Waals surface area contributed by atoms with Gasteiger partial charge in [-0.25, -0.2) is 9.38 Å². The van der Waals surface area contributed by atoms with Crippen molar-refractivity contribution >= 4 is 50.5 Å². The number of thioether (sulfide) groups is 1. The first-order valence-electron chi connectivity index (χ1n) is 9.50. The molecule has 7 heteroatoms. The van der Waals surface area contributed by atoms with Gasteiger partial charge in [0.1, 0.15) is 18.2 Å². The minimum Gasteiger partial charge on any atom is -0.488 e. The predicted octanol–water partition coefficient (Wildman–Crippen LogP) is 6.37. The van der Waals surface area contributed by atoms with Gasteiger partial charge in [-0.3, -0.25) is 4.79 Å². The van der Waals surface area contributed by atoms with Crippen molar-refractivity contribution in [1.82, 2.24) is 5.32 Å². The van der Waals surface area contributed by atoms with Gasteiger partial charge in [-0.1, -0.05) is 42.0 Å². The number of aliphatic imine (C=N–C) groups is 1. The second-order valence-electron chi connectivity index (χ2n) is 6.89. The van der Waals surface area contributed by atoms with Gasteiger partial charge >= 0.3 is 0 Å². The van der Waals surface area contributed by atoms with Crippen LogP contribution < -0.4 is 10.1 Å². The molecule has 1 heterocycles. The van der Waals surface area contributed by atoms with E-state index in [9.17, 15) is 9.18 Å². The van der Waals surface area contributed by atoms with E-state index >= 15 is 0 Å². The van der Waals surface area contributed by atoms with Crippen LogP contribution in [0.3, 0.4) is 0 Å². The van der Waals surface area contributed by atoms with Gasteiger partial charge in [0.15, 0.2) is 5.17 Å². The molecule has 0 bridgehead atoms. The van der Waals surface area contributed by atoms with Crippen molar-refractivity contribution < 1.29 is 13.9 Å². The van der Waals surface area contributed by atoms with Crippen LogP contribution in [0.4, 0.5) is 10.1 Å². The van der Waals surface area contributed by atoms with Gasteiger partial charge < -0.3 is 10.1 Å². The number of carbonyl (C=O) groups excluding carboxylic acids is 1. The SMILES string of the molecule is Cc1ccc(N=C2NC(=O)C(=Cc3ccc(OCc4ccccc4F)c(Br)c3)S2)cc1. The molecular weight excluding hydrogens is 479 g/mol. The Hall–Kier alpha value is -2.90. The van der Waals surface area contributed by atoms with Gasteiger partial charge in [-0.2, -0.15) is 0 Å². The van der Waals surface area contributed by atoms with Gasteiger partial charge in [0.25, 0.3) is 5.91 Å². The number of ether oxygens (including phenoxy) is 1. The fraction of sp³-hybridized carbons (Fsp3) is 0.0833. The minimum absolute atomic E-state index is 0.128. The fourth-order valence-electron chi connectivity index (χ4n) is 2.86. The molecule has 1 aliphatic heterocycles. The summed E-state index contributed by atoms with van der Waals surface area (Å²) in [5, 5.41) is 3.34. The lowest BCUT2D eigenvalue weighted by Crippen LogP contribution is -2.19. The van der Waals surface area contributed by atoms with Crippen molar-refractivity contribution in [1.29, 1.82) is 0 Å². The molecule has 4 rings (SSSR count). The number of carbonyl (C=O) groups is 1. The van der Waals surface area contributed by atoms with E-state index in [2.05, 4.69) is 26.2 Å². The van der Waals surface area contributed by atoms with E-state index in [-0.39, 0.29) is 18.3 Å². The molecule has 1 amide bonds. The molecule has 0 spiro atoms. The number of halogens is 2. The Kier molecular flexibility index (Phi) is 6.53. The third-order valence-electron chi connectivity index (χ3n) is 4.51. The lowest BCUT2D eigenvalue weighted by Gasteiger charge is -2.09. The lowest BCUT2D eigenvalue weighted by molar-refractivity contribution is -0.115. The van der Waals surface area contributed by atoms with Gasteiger partial charge in [0, 0.05) is 5.56 Å². The molecule has 4 nitrogen and oxygen atoms in total. The maximum Gasteiger partial charge on any atom is 0.264 e. The highest BCUT2D eigenvalue weighted by Gasteiger charge is 2.23. The summed E-state index contributed by atoms with van der Waals surface area (Å²) in [6, 6.07) is 19.8. The Morgan fingerprint density at radius 2 is 1.90 bits per heavy atom. The highest BCUT2D eigenvalue weighted by molar-refractivity contribution is 9.10. The highest BCUT2D eigenvalue weighted by atomic mass is 79.9. The molecule has 1 aliphatic rings. The van der Waals surface area contributed by atoms with Crippen molar-refractivity contribution in [2.24, 2.45) is 4.99 Å². The third kappa shape index (κ3) is 5.42. The first-order chi connectivity index (χ1) is 15.0. The number of aryl methyl sites for hydroxylation is 1. The zero-order valence-corrected chi connectivity index (χ0v) is 19.0. The fourth-order valence-corrected chi connectivity index (χ4v) is 4.22. The summed E-state index contributed by atoms with van der Waals surface area (Å²) >= 11 is 4.78. The lowest BCUT2D eigenvalue weighted by atomic mass is 10.2. The van der Waals surface area contributed by atoms with Crippen LogP contribution in [0.25, 0.3) is 6.08 Å². The molecule has 0 aromatic heterocycles. The van der Waals surface area contributed by atoms with Gasteiger partial charge in [-0.05, 0) is 76.6 Å². The van der Waals surface area contributed by atoms with Crippen LogP contribution in [0.5, 0.6) is 5.75 Å². The van der Waals surface area contributed by atoms with Crippen molar-refractivity contribution in [3.63, 3.8) is 0 Å². The van der Waals surface area contributed by atoms with E-state index in [0.29, 0.717) is 21.4 Å². The molecule has 1 saturated heterocycles. The average Bonchev–Trinajstić information content (AvgIpc) is 3.09. The number of benzene rings is 3. The first-order valence-corrected chi connectivity index (χ1v) is 11.1. The molecule has 156 valence electrons. The number of amidine groups is 1. The molecule has 3 aromatic carbocycles. The van der Waals surface area contributed by atoms with Crippen LogP contribution in [-0.4, -0.2) is 11.1 Å². The van der Waals surface area contributed by atoms with E-state index in [0.717, 1.165) is 21.3 Å². The molecular formula is C24H18BrFN2O2S. The zero-order valence-electron chi connectivity index (χ0n) is 16.6. The van der Waals surface area contributed by atoms with E-state index < -0.39 is 0 Å². The second kappa shape index (κ2) is 9.49. The number of hydrogen-bond acceptors (Lipinski definition) is 4. The highest BCUT2D eigenvalue weighted by Crippen LogP contribution is 2.31. The molecule has 0 atom stereocenters. The second-order valence-corrected chi connectivity index (χ2v) is 8.77. The summed E-state index contributed by atoms with van der Waals surface area (Å²) in [5.74, 6) is 0.106. The number of amides is 1. The number of nitrogens with zero attached hydrogens (tertiary/aromatic N) is 1. The van der Waals surface area contributed by atoms with Crippen LogP contribution in [0.2, 0.25) is 0 Å². The average molecular weight is 497 g/mol. The summed E-state index contributed by atoms with van der Waals surface area (Å²) < 4.78 is 20.2. The van der Waals surface area contributed by atoms with Crippen LogP contribution in [0.15, 0.2) is 81.1 Å². The Morgan fingerprint density at radius 3 is 2.65 bits per heavy atom. The minimum atomic E-state index is -0.299. The summed E-state index contributed by atoms with van der Waals surface area (Å²) in [5.41, 5.74) is 3.26. The normalized spacial score (nSPS) is 16.0. The van der Waals surface area contributed by atoms with E-state index in [1.165, 1.54) is 17.8 Å². The Labute approximate surface area is 192 Å². The van der Waals surface area contributed by atoms with Crippen molar-refractivity contribution in [2.45, 2.75) is 13.5 Å². The van der Waals surface area contributed by atoms with Crippen LogP contribution in [0, 0.1) is 12.7 Å². The van der Waals surface area contributed by atoms with E-state index in [1.54, 1.807) is 30.3 Å². The maximum atomic E-state index is 13.8. The zero-order chi connectivity index (χ0) is 21.8. The van der Waals surface area contributed by atoms with Crippen molar-refractivity contribution in [3.8, 4) is 5.75 Å². The van der Waals surface area contributed by atoms with E-state index in [4.69, 9.17) is 4.74 Å². The van der Waals surface area contributed by atoms with Gasteiger partial charge in [0.2, 0.25) is 0 Å². The summed E-state index contributed by atoms with van der Waals surface area (Å²) in [6.45, 7) is 2.14. The number of nitrogens with one attached hydrogen (secondary N) is 1. The standard InChI is InChI=1S/C24H18BrFN2O2S/c1-15-6-9-18(10-7-15)27-24-28-23(29)22(31-24)13-16-8-11-21(19(25)12-16)30-14-17-4-2-3-5-20(17)26/h2-13H,14H2,1H3,(H,27,28,29). The molecule has 1 fully saturated rings. The summed E-state index contributed by atoms with van der Waals surface area (Å²) in [7, 11) is 0. The first kappa shape index (κ1) is 21.3. The third-order valence-corrected chi connectivity index (χ3v) is 6.04. The quantitative estimate of drug-likeness (QED) is 0.417. The van der Waals surface area contributed by atoms with Crippen molar-refractivity contribution in [3.05, 3.63) is 98.6 Å². The molecule has 1 N–H and O–H groups in total. The number of hydrogen-bond donors (Lipinski definition) is 1. The number of rotatable bonds is 5. The monoisotopic (exact) mass is 496 g/mol. The molecule has 0 unspecified atom stereocenters. The van der Waals surface area contributed by atoms with Crippen LogP contribution in [0.1, 0.15) is 16.7 Å². The van der Waals surface area contributed by atoms with Gasteiger partial charge in [0.05, 0.1) is 15.1 Å². The van der Waals surface area contributed by atoms with Crippen molar-refractivity contribution in [2.75, 3.05) is 0 Å². The molecule has 31 heavy (non-hydrogen) atoms. The summed E-state index contributed by atoms with van der Waals surface area (Å²) in [6.07, 6.45) is 1.79. The Balaban J connectivity index is 1.46. The predicted molar refractivity (Wildman–Crippen MR) is 127 cm³/mol. The Bertz CT molecular complexity index is 1190. The molecule has 0 saturated carbocycles. The summed E-state index contributed by atoms with van der Waals surface area (Å²) in [4.78, 5) is 17.4. The largest absolute Gasteiger partial charge is 0.488 e. The van der Waals surface area contributed by atoms with Crippen LogP contribution in [-0.2, 0) is 11.4 Å². The van der Waals surface area contributed by atoms with Crippen LogP contribution >= 0.6 is 27.7 Å². The maximum absolute atomic E-state index is 13.8. The molecule has 0 aliphatic carbocycles. The van der Waals surface area contributed by atoms with E-state index in [1.807, 2.05) is 43.3 Å². The molecule has 3 aromatic rings. The topological polar surface area (TPSA) is 50.7 Å². The molecule has 0 radical (unpaired) electrons. The van der Waals surface area contributed by atoms with Gasteiger partial charge in [-0.15, -0.1) is 0 Å². The Morgan fingerprint density at radius 1 is 1.13 bits per heavy atom.